The molecule has 5 nitrogen and oxygen atoms in total. The number of hydrogen-bond acceptors (Lipinski definition) is 4. The zero-order valence-electron chi connectivity index (χ0n) is 13.7. The number of amides is 2. The van der Waals surface area contributed by atoms with Crippen LogP contribution in [0.25, 0.3) is 10.2 Å². The number of carbonyl (C=O) groups excluding carboxylic acids is 2. The lowest BCUT2D eigenvalue weighted by Crippen LogP contribution is -2.34. The molecular weight excluding hydrogens is 334 g/mol. The molecule has 0 unspecified atom stereocenters. The van der Waals surface area contributed by atoms with E-state index in [1.165, 1.54) is 0 Å². The summed E-state index contributed by atoms with van der Waals surface area (Å²) < 4.78 is 1.14. The molecule has 0 bridgehead atoms. The third kappa shape index (κ3) is 4.87. The number of nitrogens with one attached hydrogen (secondary N) is 2. The number of fused-ring (bicyclic) bond motifs is 1. The Hall–Kier alpha value is -2.73. The summed E-state index contributed by atoms with van der Waals surface area (Å²) in [7, 11) is 0. The van der Waals surface area contributed by atoms with Crippen LogP contribution in [-0.2, 0) is 11.2 Å². The summed E-state index contributed by atoms with van der Waals surface area (Å²) in [5.41, 5.74) is 1.59. The van der Waals surface area contributed by atoms with Crippen LogP contribution in [0.1, 0.15) is 21.8 Å². The zero-order valence-corrected chi connectivity index (χ0v) is 14.5. The summed E-state index contributed by atoms with van der Waals surface area (Å²) in [6, 6.07) is 17.0. The largest absolute Gasteiger partial charge is 0.354 e. The Labute approximate surface area is 150 Å². The van der Waals surface area contributed by atoms with Crippen molar-refractivity contribution >= 4 is 33.4 Å². The Morgan fingerprint density at radius 2 is 1.64 bits per heavy atom. The number of aryl methyl sites for hydroxylation is 1. The lowest BCUT2D eigenvalue weighted by atomic mass is 10.2. The molecule has 25 heavy (non-hydrogen) atoms. The molecule has 128 valence electrons. The first-order valence-corrected chi connectivity index (χ1v) is 8.98. The van der Waals surface area contributed by atoms with Gasteiger partial charge < -0.3 is 10.6 Å². The van der Waals surface area contributed by atoms with Crippen molar-refractivity contribution in [1.29, 1.82) is 0 Å². The van der Waals surface area contributed by atoms with E-state index in [0.29, 0.717) is 31.5 Å². The normalized spacial score (nSPS) is 10.6. The van der Waals surface area contributed by atoms with Crippen LogP contribution in [0.15, 0.2) is 54.6 Å². The fourth-order valence-electron chi connectivity index (χ4n) is 2.41. The van der Waals surface area contributed by atoms with Crippen molar-refractivity contribution in [2.24, 2.45) is 0 Å². The molecule has 6 heteroatoms. The van der Waals surface area contributed by atoms with Crippen LogP contribution in [0.2, 0.25) is 0 Å². The summed E-state index contributed by atoms with van der Waals surface area (Å²) in [5, 5.41) is 6.57. The molecular formula is C19H19N3O2S. The molecule has 0 aliphatic rings. The summed E-state index contributed by atoms with van der Waals surface area (Å²) in [4.78, 5) is 28.3. The Morgan fingerprint density at radius 1 is 0.920 bits per heavy atom. The minimum atomic E-state index is -0.135. The number of hydrogen-bond donors (Lipinski definition) is 2. The van der Waals surface area contributed by atoms with E-state index in [0.717, 1.165) is 15.2 Å². The highest BCUT2D eigenvalue weighted by Gasteiger charge is 2.07. The van der Waals surface area contributed by atoms with E-state index < -0.39 is 0 Å². The molecule has 2 N–H and O–H groups in total. The quantitative estimate of drug-likeness (QED) is 0.642. The second-order valence-corrected chi connectivity index (χ2v) is 6.66. The fraction of sp³-hybridized carbons (Fsp3) is 0.211. The van der Waals surface area contributed by atoms with Crippen LogP contribution in [0.4, 0.5) is 0 Å². The van der Waals surface area contributed by atoms with Crippen LogP contribution >= 0.6 is 11.3 Å². The number of thiazole rings is 1. The first-order chi connectivity index (χ1) is 12.2. The molecule has 1 aromatic heterocycles. The standard InChI is InChI=1S/C19H19N3O2S/c23-17(10-11-18-22-15-8-4-5-9-16(15)25-18)20-12-13-21-19(24)14-6-2-1-3-7-14/h1-9H,10-13H2,(H,20,23)(H,21,24). The Morgan fingerprint density at radius 3 is 2.44 bits per heavy atom. The van der Waals surface area contributed by atoms with Crippen molar-refractivity contribution < 1.29 is 9.59 Å². The first-order valence-electron chi connectivity index (χ1n) is 8.17. The van der Waals surface area contributed by atoms with Crippen molar-refractivity contribution in [3.05, 3.63) is 65.2 Å². The van der Waals surface area contributed by atoms with Crippen molar-refractivity contribution in [3.63, 3.8) is 0 Å². The van der Waals surface area contributed by atoms with Crippen LogP contribution in [-0.4, -0.2) is 29.9 Å². The van der Waals surface area contributed by atoms with E-state index in [1.54, 1.807) is 23.5 Å². The Kier molecular flexibility index (Phi) is 5.74. The third-order valence-electron chi connectivity index (χ3n) is 3.67. The van der Waals surface area contributed by atoms with E-state index in [1.807, 2.05) is 42.5 Å². The molecule has 0 radical (unpaired) electrons. The summed E-state index contributed by atoms with van der Waals surface area (Å²) in [6.45, 7) is 0.817. The van der Waals surface area contributed by atoms with Gasteiger partial charge in [0.05, 0.1) is 15.2 Å². The molecule has 0 aliphatic heterocycles. The number of nitrogens with zero attached hydrogens (tertiary/aromatic N) is 1. The highest BCUT2D eigenvalue weighted by atomic mass is 32.1. The summed E-state index contributed by atoms with van der Waals surface area (Å²) in [5.74, 6) is -0.169. The van der Waals surface area contributed by atoms with Crippen LogP contribution < -0.4 is 10.6 Å². The molecule has 2 aromatic carbocycles. The molecule has 0 fully saturated rings. The van der Waals surface area contributed by atoms with Gasteiger partial charge in [-0.3, -0.25) is 9.59 Å². The van der Waals surface area contributed by atoms with Gasteiger partial charge in [0, 0.05) is 31.5 Å². The van der Waals surface area contributed by atoms with Crippen molar-refractivity contribution in [2.45, 2.75) is 12.8 Å². The molecule has 0 atom stereocenters. The number of aromatic nitrogens is 1. The maximum atomic E-state index is 11.9. The second-order valence-electron chi connectivity index (χ2n) is 5.55. The number of carbonyl (C=O) groups is 2. The lowest BCUT2D eigenvalue weighted by Gasteiger charge is -2.06. The van der Waals surface area contributed by atoms with E-state index in [4.69, 9.17) is 0 Å². The van der Waals surface area contributed by atoms with E-state index >= 15 is 0 Å². The maximum Gasteiger partial charge on any atom is 0.251 e. The predicted octanol–water partition coefficient (Wildman–Crippen LogP) is 2.78. The summed E-state index contributed by atoms with van der Waals surface area (Å²) in [6.07, 6.45) is 1.02. The number of rotatable bonds is 7. The average Bonchev–Trinajstić information content (AvgIpc) is 3.07. The van der Waals surface area contributed by atoms with Gasteiger partial charge in [-0.2, -0.15) is 0 Å². The first kappa shape index (κ1) is 17.1. The second kappa shape index (κ2) is 8.39. The van der Waals surface area contributed by atoms with Gasteiger partial charge in [-0.1, -0.05) is 30.3 Å². The highest BCUT2D eigenvalue weighted by molar-refractivity contribution is 7.18. The van der Waals surface area contributed by atoms with Gasteiger partial charge in [0.2, 0.25) is 5.91 Å². The molecule has 0 aliphatic carbocycles. The van der Waals surface area contributed by atoms with Crippen molar-refractivity contribution in [3.8, 4) is 0 Å². The highest BCUT2D eigenvalue weighted by Crippen LogP contribution is 2.22. The van der Waals surface area contributed by atoms with Gasteiger partial charge >= 0.3 is 0 Å². The maximum absolute atomic E-state index is 11.9. The van der Waals surface area contributed by atoms with Gasteiger partial charge in [0.1, 0.15) is 0 Å². The molecule has 2 amide bonds. The SMILES string of the molecule is O=C(CCc1nc2ccccc2s1)NCCNC(=O)c1ccccc1. The number of benzene rings is 2. The molecule has 1 heterocycles. The minimum absolute atomic E-state index is 0.0341. The molecule has 0 spiro atoms. The molecule has 3 aromatic rings. The zero-order chi connectivity index (χ0) is 17.5. The average molecular weight is 353 g/mol. The van der Waals surface area contributed by atoms with Crippen molar-refractivity contribution in [1.82, 2.24) is 15.6 Å². The summed E-state index contributed by atoms with van der Waals surface area (Å²) >= 11 is 1.62. The van der Waals surface area contributed by atoms with Crippen LogP contribution in [0.5, 0.6) is 0 Å². The van der Waals surface area contributed by atoms with Crippen LogP contribution in [0.3, 0.4) is 0 Å². The van der Waals surface area contributed by atoms with E-state index in [9.17, 15) is 9.59 Å². The van der Waals surface area contributed by atoms with E-state index in [2.05, 4.69) is 15.6 Å². The Balaban J connectivity index is 1.36. The van der Waals surface area contributed by atoms with Gasteiger partial charge in [-0.25, -0.2) is 4.98 Å². The van der Waals surface area contributed by atoms with Crippen LogP contribution in [0, 0.1) is 0 Å². The van der Waals surface area contributed by atoms with Crippen molar-refractivity contribution in [2.75, 3.05) is 13.1 Å². The topological polar surface area (TPSA) is 71.1 Å². The van der Waals surface area contributed by atoms with E-state index in [-0.39, 0.29) is 11.8 Å². The molecule has 3 rings (SSSR count). The van der Waals surface area contributed by atoms with Gasteiger partial charge in [-0.15, -0.1) is 11.3 Å². The predicted molar refractivity (Wildman–Crippen MR) is 99.7 cm³/mol. The minimum Gasteiger partial charge on any atom is -0.354 e. The van der Waals surface area contributed by atoms with Gasteiger partial charge in [0.15, 0.2) is 0 Å². The lowest BCUT2D eigenvalue weighted by molar-refractivity contribution is -0.121. The number of para-hydroxylation sites is 1. The molecule has 0 saturated carbocycles. The molecule has 0 saturated heterocycles. The Bertz CT molecular complexity index is 828. The smallest absolute Gasteiger partial charge is 0.251 e. The monoisotopic (exact) mass is 353 g/mol. The van der Waals surface area contributed by atoms with Gasteiger partial charge in [-0.05, 0) is 24.3 Å². The van der Waals surface area contributed by atoms with Gasteiger partial charge in [0.25, 0.3) is 5.91 Å². The third-order valence-corrected chi connectivity index (χ3v) is 4.77. The fourth-order valence-corrected chi connectivity index (χ4v) is 3.37.